The molecular weight excluding hydrogens is 340 g/mol. The highest BCUT2D eigenvalue weighted by Crippen LogP contribution is 2.38. The van der Waals surface area contributed by atoms with Crippen molar-refractivity contribution in [3.8, 4) is 6.07 Å². The molecule has 0 unspecified atom stereocenters. The van der Waals surface area contributed by atoms with Crippen LogP contribution in [-0.4, -0.2) is 19.6 Å². The number of nitrogens with zero attached hydrogens (tertiary/aromatic N) is 7. The van der Waals surface area contributed by atoms with Crippen molar-refractivity contribution < 1.29 is 0 Å². The molecule has 0 aliphatic rings. The number of nitrogens with two attached hydrogens (primary N) is 1. The summed E-state index contributed by atoms with van der Waals surface area (Å²) in [6, 6.07) is 2.25. The molecule has 0 saturated heterocycles. The molecule has 0 aliphatic carbocycles. The molecule has 2 aromatic rings. The first-order chi connectivity index (χ1) is 12.5. The summed E-state index contributed by atoms with van der Waals surface area (Å²) in [5.41, 5.74) is 8.25. The third-order valence-corrected chi connectivity index (χ3v) is 4.27. The molecule has 0 aromatic carbocycles. The van der Waals surface area contributed by atoms with E-state index in [9.17, 15) is 5.26 Å². The van der Waals surface area contributed by atoms with Gasteiger partial charge in [-0.3, -0.25) is 0 Å². The number of rotatable bonds is 4. The highest BCUT2D eigenvalue weighted by molar-refractivity contribution is 5.63. The van der Waals surface area contributed by atoms with E-state index >= 15 is 0 Å². The summed E-state index contributed by atoms with van der Waals surface area (Å²) in [4.78, 5) is 0. The van der Waals surface area contributed by atoms with E-state index in [-0.39, 0.29) is 10.8 Å². The van der Waals surface area contributed by atoms with Crippen molar-refractivity contribution in [1.82, 2.24) is 19.6 Å². The minimum Gasteiger partial charge on any atom is -0.382 e. The smallest absolute Gasteiger partial charge is 0.191 e. The minimum absolute atomic E-state index is 0.234. The molecule has 0 amide bonds. The second-order valence-electron chi connectivity index (χ2n) is 8.57. The molecule has 8 nitrogen and oxygen atoms in total. The number of nitrogen functional groups attached to an aromatic ring is 1. The molecule has 0 fully saturated rings. The summed E-state index contributed by atoms with van der Waals surface area (Å²) < 4.78 is 3.43. The molecule has 0 aliphatic heterocycles. The van der Waals surface area contributed by atoms with Crippen LogP contribution in [0.15, 0.2) is 10.2 Å². The maximum Gasteiger partial charge on any atom is 0.191 e. The Labute approximate surface area is 161 Å². The zero-order valence-electron chi connectivity index (χ0n) is 17.6. The molecule has 146 valence electrons. The third-order valence-electron chi connectivity index (χ3n) is 4.27. The van der Waals surface area contributed by atoms with Crippen LogP contribution in [-0.2, 0) is 23.9 Å². The first-order valence-electron chi connectivity index (χ1n) is 9.25. The Kier molecular flexibility index (Phi) is 5.45. The van der Waals surface area contributed by atoms with Crippen LogP contribution in [0, 0.1) is 11.3 Å². The fourth-order valence-electron chi connectivity index (χ4n) is 2.81. The predicted octanol–water partition coefficient (Wildman–Crippen LogP) is 4.58. The summed E-state index contributed by atoms with van der Waals surface area (Å²) in [5, 5.41) is 27.7. The van der Waals surface area contributed by atoms with Gasteiger partial charge in [-0.1, -0.05) is 41.5 Å². The lowest BCUT2D eigenvalue weighted by atomic mass is 9.90. The van der Waals surface area contributed by atoms with E-state index in [1.165, 1.54) is 0 Å². The minimum atomic E-state index is -0.265. The lowest BCUT2D eigenvalue weighted by Crippen LogP contribution is -2.14. The van der Waals surface area contributed by atoms with Gasteiger partial charge in [0.1, 0.15) is 17.5 Å². The van der Waals surface area contributed by atoms with Crippen molar-refractivity contribution >= 4 is 17.3 Å². The highest BCUT2D eigenvalue weighted by atomic mass is 15.4. The SMILES string of the molecule is CCn1nc(C(C)(C)C)c(N=Nc2c(C#N)c(C(C)(C)C)nn2CC)c1N. The number of aryl methyl sites for hydroxylation is 2. The van der Waals surface area contributed by atoms with E-state index in [1.54, 1.807) is 9.36 Å². The van der Waals surface area contributed by atoms with Crippen molar-refractivity contribution in [2.45, 2.75) is 79.3 Å². The van der Waals surface area contributed by atoms with E-state index in [4.69, 9.17) is 5.73 Å². The molecule has 27 heavy (non-hydrogen) atoms. The lowest BCUT2D eigenvalue weighted by Gasteiger charge is -2.15. The van der Waals surface area contributed by atoms with Crippen LogP contribution >= 0.6 is 0 Å². The first kappa shape index (κ1) is 20.6. The number of nitriles is 1. The van der Waals surface area contributed by atoms with E-state index in [0.29, 0.717) is 41.7 Å². The predicted molar refractivity (Wildman–Crippen MR) is 107 cm³/mol. The van der Waals surface area contributed by atoms with Crippen LogP contribution in [0.3, 0.4) is 0 Å². The van der Waals surface area contributed by atoms with Gasteiger partial charge in [0, 0.05) is 23.9 Å². The molecule has 8 heteroatoms. The van der Waals surface area contributed by atoms with Gasteiger partial charge in [0.2, 0.25) is 0 Å². The Morgan fingerprint density at radius 3 is 1.89 bits per heavy atom. The second kappa shape index (κ2) is 7.14. The number of aromatic nitrogens is 4. The van der Waals surface area contributed by atoms with Gasteiger partial charge in [-0.25, -0.2) is 9.36 Å². The fraction of sp³-hybridized carbons (Fsp3) is 0.632. The summed E-state index contributed by atoms with van der Waals surface area (Å²) in [5.74, 6) is 0.928. The van der Waals surface area contributed by atoms with Gasteiger partial charge in [0.25, 0.3) is 0 Å². The van der Waals surface area contributed by atoms with Crippen LogP contribution in [0.2, 0.25) is 0 Å². The van der Waals surface area contributed by atoms with Crippen LogP contribution in [0.4, 0.5) is 17.3 Å². The van der Waals surface area contributed by atoms with Gasteiger partial charge in [-0.2, -0.15) is 15.5 Å². The standard InChI is InChI=1S/C19H30N8/c1-9-26-16(21)13(15(25-26)19(6,7)8)22-23-17-12(11-20)14(18(3,4)5)24-27(17)10-2/h9-10,21H2,1-8H3. The van der Waals surface area contributed by atoms with Crippen molar-refractivity contribution in [2.75, 3.05) is 5.73 Å². The van der Waals surface area contributed by atoms with E-state index in [0.717, 1.165) is 5.69 Å². The van der Waals surface area contributed by atoms with E-state index in [2.05, 4.69) is 47.3 Å². The van der Waals surface area contributed by atoms with Crippen molar-refractivity contribution in [3.05, 3.63) is 17.0 Å². The van der Waals surface area contributed by atoms with E-state index in [1.807, 2.05) is 34.6 Å². The van der Waals surface area contributed by atoms with Gasteiger partial charge >= 0.3 is 0 Å². The molecule has 0 atom stereocenters. The molecule has 0 saturated carbocycles. The van der Waals surface area contributed by atoms with E-state index < -0.39 is 0 Å². The number of hydrogen-bond donors (Lipinski definition) is 1. The zero-order chi connectivity index (χ0) is 20.6. The summed E-state index contributed by atoms with van der Waals surface area (Å²) in [7, 11) is 0. The Bertz CT molecular complexity index is 894. The topological polar surface area (TPSA) is 110 Å². The van der Waals surface area contributed by atoms with Crippen molar-refractivity contribution in [1.29, 1.82) is 5.26 Å². The molecule has 0 bridgehead atoms. The maximum atomic E-state index is 9.70. The fourth-order valence-corrected chi connectivity index (χ4v) is 2.81. The van der Waals surface area contributed by atoms with Crippen LogP contribution < -0.4 is 5.73 Å². The summed E-state index contributed by atoms with van der Waals surface area (Å²) in [6.07, 6.45) is 0. The number of azo groups is 1. The molecule has 2 aromatic heterocycles. The molecular formula is C19H30N8. The Morgan fingerprint density at radius 1 is 0.926 bits per heavy atom. The first-order valence-corrected chi connectivity index (χ1v) is 9.25. The average molecular weight is 371 g/mol. The van der Waals surface area contributed by atoms with Gasteiger partial charge in [0.05, 0.1) is 11.4 Å². The number of hydrogen-bond acceptors (Lipinski definition) is 6. The van der Waals surface area contributed by atoms with Gasteiger partial charge < -0.3 is 5.73 Å². The van der Waals surface area contributed by atoms with Crippen LogP contribution in [0.25, 0.3) is 0 Å². The van der Waals surface area contributed by atoms with Crippen LogP contribution in [0.5, 0.6) is 0 Å². The normalized spacial score (nSPS) is 12.7. The maximum absolute atomic E-state index is 9.70. The number of anilines is 1. The molecule has 2 N–H and O–H groups in total. The van der Waals surface area contributed by atoms with Gasteiger partial charge in [0.15, 0.2) is 11.5 Å². The third kappa shape index (κ3) is 3.87. The monoisotopic (exact) mass is 370 g/mol. The quantitative estimate of drug-likeness (QED) is 0.794. The molecule has 0 radical (unpaired) electrons. The van der Waals surface area contributed by atoms with Crippen molar-refractivity contribution in [2.24, 2.45) is 10.2 Å². The molecule has 2 heterocycles. The Balaban J connectivity index is 2.65. The van der Waals surface area contributed by atoms with Gasteiger partial charge in [-0.05, 0) is 13.8 Å². The Hall–Kier alpha value is -2.69. The largest absolute Gasteiger partial charge is 0.382 e. The zero-order valence-corrected chi connectivity index (χ0v) is 17.6. The summed E-state index contributed by atoms with van der Waals surface area (Å²) in [6.45, 7) is 17.4. The highest BCUT2D eigenvalue weighted by Gasteiger charge is 2.28. The Morgan fingerprint density at radius 2 is 1.44 bits per heavy atom. The molecule has 0 spiro atoms. The van der Waals surface area contributed by atoms with Crippen LogP contribution in [0.1, 0.15) is 72.3 Å². The van der Waals surface area contributed by atoms with Crippen molar-refractivity contribution in [3.63, 3.8) is 0 Å². The average Bonchev–Trinajstić information content (AvgIpc) is 3.09. The lowest BCUT2D eigenvalue weighted by molar-refractivity contribution is 0.540. The second-order valence-corrected chi connectivity index (χ2v) is 8.57. The molecule has 2 rings (SSSR count). The summed E-state index contributed by atoms with van der Waals surface area (Å²) >= 11 is 0. The van der Waals surface area contributed by atoms with Gasteiger partial charge in [-0.15, -0.1) is 10.2 Å².